The van der Waals surface area contributed by atoms with E-state index in [1.807, 2.05) is 0 Å². The Kier molecular flexibility index (Phi) is 3.24. The molecule has 0 nitrogen and oxygen atoms in total. The van der Waals surface area contributed by atoms with Crippen LogP contribution in [0.15, 0.2) is 71.8 Å². The zero-order valence-electron chi connectivity index (χ0n) is 16.3. The summed E-state index contributed by atoms with van der Waals surface area (Å²) in [5.74, 6) is 1.09. The second kappa shape index (κ2) is 5.22. The summed E-state index contributed by atoms with van der Waals surface area (Å²) in [7, 11) is 0. The zero-order valence-corrected chi connectivity index (χ0v) is 16.3. The zero-order chi connectivity index (χ0) is 18.1. The van der Waals surface area contributed by atoms with Crippen LogP contribution in [0.2, 0.25) is 0 Å². The molecule has 0 N–H and O–H groups in total. The summed E-state index contributed by atoms with van der Waals surface area (Å²) in [6, 6.07) is 18.2. The fourth-order valence-electron chi connectivity index (χ4n) is 5.69. The van der Waals surface area contributed by atoms with Crippen LogP contribution in [-0.2, 0) is 0 Å². The van der Waals surface area contributed by atoms with E-state index in [4.69, 9.17) is 0 Å². The average Bonchev–Trinajstić information content (AvgIpc) is 3.27. The number of hydrogen-bond acceptors (Lipinski definition) is 0. The van der Waals surface area contributed by atoms with Crippen molar-refractivity contribution < 1.29 is 0 Å². The molecule has 0 amide bonds. The molecule has 2 aromatic carbocycles. The quantitative estimate of drug-likeness (QED) is 0.518. The van der Waals surface area contributed by atoms with E-state index in [0.717, 1.165) is 0 Å². The van der Waals surface area contributed by atoms with Gasteiger partial charge < -0.3 is 0 Å². The second-order valence-corrected chi connectivity index (χ2v) is 9.68. The van der Waals surface area contributed by atoms with Crippen LogP contribution < -0.4 is 0 Å². The molecule has 1 fully saturated rings. The Labute approximate surface area is 157 Å². The van der Waals surface area contributed by atoms with Crippen molar-refractivity contribution in [2.45, 2.75) is 46.5 Å². The molecule has 2 unspecified atom stereocenters. The van der Waals surface area contributed by atoms with E-state index in [1.54, 1.807) is 5.57 Å². The minimum Gasteiger partial charge on any atom is -0.0730 e. The van der Waals surface area contributed by atoms with Gasteiger partial charge in [-0.15, -0.1) is 0 Å². The summed E-state index contributed by atoms with van der Waals surface area (Å²) < 4.78 is 0. The van der Waals surface area contributed by atoms with Crippen molar-refractivity contribution in [3.8, 4) is 11.1 Å². The van der Waals surface area contributed by atoms with Gasteiger partial charge >= 0.3 is 0 Å². The molecular weight excluding hydrogens is 312 g/mol. The summed E-state index contributed by atoms with van der Waals surface area (Å²) in [5.41, 5.74) is 9.67. The van der Waals surface area contributed by atoms with Gasteiger partial charge in [0.2, 0.25) is 0 Å². The fraction of sp³-hybridized carbons (Fsp3) is 0.385. The SMILES string of the molecule is CC(C)(C)C1=CC2C(=C1)CCC2(C)C1c2ccccc2-c2ccccc21. The summed E-state index contributed by atoms with van der Waals surface area (Å²) in [5, 5.41) is 0. The van der Waals surface area contributed by atoms with Crippen molar-refractivity contribution in [1.82, 2.24) is 0 Å². The highest BCUT2D eigenvalue weighted by atomic mass is 14.5. The Balaban J connectivity index is 1.67. The summed E-state index contributed by atoms with van der Waals surface area (Å²) in [6.45, 7) is 9.57. The van der Waals surface area contributed by atoms with E-state index in [1.165, 1.54) is 40.7 Å². The largest absolute Gasteiger partial charge is 0.0730 e. The topological polar surface area (TPSA) is 0 Å². The van der Waals surface area contributed by atoms with Crippen molar-refractivity contribution in [2.75, 3.05) is 0 Å². The first-order valence-corrected chi connectivity index (χ1v) is 10.0. The minimum atomic E-state index is 0.240. The third-order valence-corrected chi connectivity index (χ3v) is 7.11. The maximum absolute atomic E-state index is 2.60. The van der Waals surface area contributed by atoms with Crippen molar-refractivity contribution in [2.24, 2.45) is 16.7 Å². The van der Waals surface area contributed by atoms with Crippen LogP contribution in [0.4, 0.5) is 0 Å². The molecule has 132 valence electrons. The molecule has 0 saturated heterocycles. The van der Waals surface area contributed by atoms with E-state index in [-0.39, 0.29) is 10.8 Å². The van der Waals surface area contributed by atoms with Crippen molar-refractivity contribution in [1.29, 1.82) is 0 Å². The third-order valence-electron chi connectivity index (χ3n) is 7.11. The highest BCUT2D eigenvalue weighted by Crippen LogP contribution is 2.63. The maximum atomic E-state index is 2.60. The lowest BCUT2D eigenvalue weighted by atomic mass is 9.65. The Morgan fingerprint density at radius 3 is 2.04 bits per heavy atom. The van der Waals surface area contributed by atoms with Crippen LogP contribution in [-0.4, -0.2) is 0 Å². The second-order valence-electron chi connectivity index (χ2n) is 9.68. The minimum absolute atomic E-state index is 0.240. The van der Waals surface area contributed by atoms with Crippen LogP contribution in [0.1, 0.15) is 57.6 Å². The molecule has 0 bridgehead atoms. The number of hydrogen-bond donors (Lipinski definition) is 0. The summed E-state index contributed by atoms with van der Waals surface area (Å²) >= 11 is 0. The van der Waals surface area contributed by atoms with Crippen LogP contribution in [0, 0.1) is 16.7 Å². The monoisotopic (exact) mass is 340 g/mol. The molecule has 3 aliphatic carbocycles. The van der Waals surface area contributed by atoms with Gasteiger partial charge in [0.15, 0.2) is 0 Å². The molecule has 0 aliphatic heterocycles. The van der Waals surface area contributed by atoms with Gasteiger partial charge in [-0.25, -0.2) is 0 Å². The fourth-order valence-corrected chi connectivity index (χ4v) is 5.69. The smallest absolute Gasteiger partial charge is 0.0164 e. The van der Waals surface area contributed by atoms with E-state index in [0.29, 0.717) is 11.8 Å². The number of benzene rings is 2. The molecule has 0 spiro atoms. The standard InChI is InChI=1S/C26H28/c1-25(2,3)18-15-17-13-14-26(4,23(17)16-18)24-21-11-7-5-9-19(21)20-10-6-8-12-22(20)24/h5-12,15-16,23-24H,13-14H2,1-4H3. The lowest BCUT2D eigenvalue weighted by Crippen LogP contribution is -2.28. The predicted octanol–water partition coefficient (Wildman–Crippen LogP) is 7.13. The van der Waals surface area contributed by atoms with Crippen molar-refractivity contribution in [3.63, 3.8) is 0 Å². The first-order valence-electron chi connectivity index (χ1n) is 10.0. The molecule has 0 aromatic heterocycles. The van der Waals surface area contributed by atoms with Crippen LogP contribution in [0.25, 0.3) is 11.1 Å². The predicted molar refractivity (Wildman–Crippen MR) is 110 cm³/mol. The van der Waals surface area contributed by atoms with Gasteiger partial charge in [0.25, 0.3) is 0 Å². The Hall–Kier alpha value is -2.08. The lowest BCUT2D eigenvalue weighted by molar-refractivity contribution is 0.249. The Morgan fingerprint density at radius 1 is 0.885 bits per heavy atom. The van der Waals surface area contributed by atoms with Crippen molar-refractivity contribution in [3.05, 3.63) is 83.0 Å². The number of fused-ring (bicyclic) bond motifs is 4. The van der Waals surface area contributed by atoms with E-state index in [2.05, 4.69) is 88.4 Å². The molecule has 5 rings (SSSR count). The highest BCUT2D eigenvalue weighted by molar-refractivity contribution is 5.79. The molecule has 0 heterocycles. The summed E-state index contributed by atoms with van der Waals surface area (Å²) in [6.07, 6.45) is 7.65. The van der Waals surface area contributed by atoms with Crippen LogP contribution in [0.5, 0.6) is 0 Å². The van der Waals surface area contributed by atoms with E-state index >= 15 is 0 Å². The van der Waals surface area contributed by atoms with Gasteiger partial charge in [-0.3, -0.25) is 0 Å². The Morgan fingerprint density at radius 2 is 1.46 bits per heavy atom. The maximum Gasteiger partial charge on any atom is 0.0164 e. The van der Waals surface area contributed by atoms with Gasteiger partial charge in [0.1, 0.15) is 0 Å². The van der Waals surface area contributed by atoms with Gasteiger partial charge in [-0.05, 0) is 51.5 Å². The Bertz CT molecular complexity index is 904. The number of allylic oxidation sites excluding steroid dienone is 4. The van der Waals surface area contributed by atoms with Gasteiger partial charge in [0, 0.05) is 11.8 Å². The third kappa shape index (κ3) is 2.08. The van der Waals surface area contributed by atoms with E-state index < -0.39 is 0 Å². The molecule has 1 saturated carbocycles. The summed E-state index contributed by atoms with van der Waals surface area (Å²) in [4.78, 5) is 0. The van der Waals surface area contributed by atoms with Gasteiger partial charge in [0.05, 0.1) is 0 Å². The molecule has 26 heavy (non-hydrogen) atoms. The lowest BCUT2D eigenvalue weighted by Gasteiger charge is -2.37. The van der Waals surface area contributed by atoms with Gasteiger partial charge in [-0.2, -0.15) is 0 Å². The normalized spacial score (nSPS) is 27.0. The van der Waals surface area contributed by atoms with Crippen molar-refractivity contribution >= 4 is 0 Å². The molecule has 2 atom stereocenters. The number of rotatable bonds is 1. The first-order chi connectivity index (χ1) is 12.4. The van der Waals surface area contributed by atoms with Crippen LogP contribution in [0.3, 0.4) is 0 Å². The highest BCUT2D eigenvalue weighted by Gasteiger charge is 2.51. The molecular formula is C26H28. The average molecular weight is 341 g/mol. The first kappa shape index (κ1) is 16.1. The molecule has 3 aliphatic rings. The van der Waals surface area contributed by atoms with E-state index in [9.17, 15) is 0 Å². The van der Waals surface area contributed by atoms with Gasteiger partial charge in [-0.1, -0.05) is 94.0 Å². The molecule has 2 aromatic rings. The molecule has 0 radical (unpaired) electrons. The van der Waals surface area contributed by atoms with Crippen LogP contribution >= 0.6 is 0 Å². The molecule has 0 heteroatoms.